The van der Waals surface area contributed by atoms with Crippen molar-refractivity contribution in [3.8, 4) is 5.75 Å². The van der Waals surface area contributed by atoms with Gasteiger partial charge in [-0.15, -0.1) is 0 Å². The molecular weight excluding hydrogens is 164 g/mol. The number of aliphatic imine (C=N–C) groups is 1. The topological polar surface area (TPSA) is 58.6 Å². The summed E-state index contributed by atoms with van der Waals surface area (Å²) in [5.74, 6) is 0.265. The summed E-state index contributed by atoms with van der Waals surface area (Å²) in [5, 5.41) is 9.47. The van der Waals surface area contributed by atoms with Crippen molar-refractivity contribution in [1.82, 2.24) is 0 Å². The number of nitrogens with two attached hydrogens (primary N) is 1. The summed E-state index contributed by atoms with van der Waals surface area (Å²) in [6.45, 7) is 3.00. The van der Waals surface area contributed by atoms with Gasteiger partial charge in [0.1, 0.15) is 5.75 Å². The molecule has 13 heavy (non-hydrogen) atoms. The van der Waals surface area contributed by atoms with Gasteiger partial charge < -0.3 is 10.8 Å². The first-order valence-electron chi connectivity index (χ1n) is 4.25. The van der Waals surface area contributed by atoms with Gasteiger partial charge in [0.15, 0.2) is 0 Å². The van der Waals surface area contributed by atoms with Crippen molar-refractivity contribution in [2.45, 2.75) is 6.92 Å². The predicted octanol–water partition coefficient (Wildman–Crippen LogP) is 1.16. The van der Waals surface area contributed by atoms with Gasteiger partial charge in [-0.25, -0.2) is 0 Å². The van der Waals surface area contributed by atoms with Crippen molar-refractivity contribution >= 4 is 5.71 Å². The molecule has 0 saturated heterocycles. The highest BCUT2D eigenvalue weighted by Crippen LogP contribution is 2.16. The number of rotatable bonds is 3. The molecule has 0 amide bonds. The lowest BCUT2D eigenvalue weighted by atomic mass is 10.1. The zero-order chi connectivity index (χ0) is 9.68. The second-order valence-electron chi connectivity index (χ2n) is 2.77. The molecule has 0 spiro atoms. The molecule has 1 aromatic rings. The number of aromatic hydroxyl groups is 1. The van der Waals surface area contributed by atoms with Crippen LogP contribution in [0.2, 0.25) is 0 Å². The Morgan fingerprint density at radius 3 is 2.77 bits per heavy atom. The molecule has 70 valence electrons. The smallest absolute Gasteiger partial charge is 0.124 e. The van der Waals surface area contributed by atoms with Gasteiger partial charge in [-0.2, -0.15) is 0 Å². The Kier molecular flexibility index (Phi) is 3.46. The lowest BCUT2D eigenvalue weighted by Crippen LogP contribution is -2.05. The molecule has 0 aromatic heterocycles. The zero-order valence-corrected chi connectivity index (χ0v) is 7.70. The minimum Gasteiger partial charge on any atom is -0.507 e. The number of hydrogen-bond acceptors (Lipinski definition) is 3. The lowest BCUT2D eigenvalue weighted by Gasteiger charge is -2.02. The van der Waals surface area contributed by atoms with Crippen LogP contribution in [0.3, 0.4) is 0 Å². The van der Waals surface area contributed by atoms with Gasteiger partial charge >= 0.3 is 0 Å². The van der Waals surface area contributed by atoms with Gasteiger partial charge in [0.2, 0.25) is 0 Å². The van der Waals surface area contributed by atoms with Gasteiger partial charge in [0, 0.05) is 17.8 Å². The summed E-state index contributed by atoms with van der Waals surface area (Å²) in [5.41, 5.74) is 6.92. The van der Waals surface area contributed by atoms with E-state index in [-0.39, 0.29) is 5.75 Å². The van der Waals surface area contributed by atoms with E-state index in [9.17, 15) is 5.11 Å². The summed E-state index contributed by atoms with van der Waals surface area (Å²) < 4.78 is 0. The van der Waals surface area contributed by atoms with Gasteiger partial charge in [-0.05, 0) is 19.1 Å². The SMILES string of the molecule is CC(=NCCN)c1ccccc1O. The molecule has 0 aliphatic rings. The van der Waals surface area contributed by atoms with Gasteiger partial charge in [0.25, 0.3) is 0 Å². The minimum atomic E-state index is 0.265. The van der Waals surface area contributed by atoms with Crippen LogP contribution in [0.4, 0.5) is 0 Å². The highest BCUT2D eigenvalue weighted by Gasteiger charge is 2.01. The minimum absolute atomic E-state index is 0.265. The van der Waals surface area contributed by atoms with Crippen molar-refractivity contribution < 1.29 is 5.11 Å². The molecule has 0 radical (unpaired) electrons. The fraction of sp³-hybridized carbons (Fsp3) is 0.300. The molecule has 3 N–H and O–H groups in total. The van der Waals surface area contributed by atoms with Crippen LogP contribution in [0.25, 0.3) is 0 Å². The van der Waals surface area contributed by atoms with E-state index in [4.69, 9.17) is 5.73 Å². The van der Waals surface area contributed by atoms with Crippen LogP contribution >= 0.6 is 0 Å². The van der Waals surface area contributed by atoms with Crippen LogP contribution in [-0.2, 0) is 0 Å². The first-order valence-corrected chi connectivity index (χ1v) is 4.25. The molecule has 1 aromatic carbocycles. The standard InChI is InChI=1S/C10H14N2O/c1-8(12-7-6-11)9-4-2-3-5-10(9)13/h2-5,13H,6-7,11H2,1H3. The van der Waals surface area contributed by atoms with Crippen molar-refractivity contribution in [3.05, 3.63) is 29.8 Å². The van der Waals surface area contributed by atoms with E-state index in [2.05, 4.69) is 4.99 Å². The molecule has 1 rings (SSSR count). The molecule has 0 unspecified atom stereocenters. The first-order chi connectivity index (χ1) is 6.25. The third-order valence-corrected chi connectivity index (χ3v) is 1.77. The second-order valence-corrected chi connectivity index (χ2v) is 2.77. The maximum atomic E-state index is 9.47. The third kappa shape index (κ3) is 2.56. The molecule has 0 bridgehead atoms. The predicted molar refractivity (Wildman–Crippen MR) is 54.2 cm³/mol. The van der Waals surface area contributed by atoms with Crippen LogP contribution in [-0.4, -0.2) is 23.9 Å². The zero-order valence-electron chi connectivity index (χ0n) is 7.70. The van der Waals surface area contributed by atoms with Gasteiger partial charge in [-0.1, -0.05) is 12.1 Å². The van der Waals surface area contributed by atoms with Gasteiger partial charge in [0.05, 0.1) is 6.54 Å². The van der Waals surface area contributed by atoms with Crippen LogP contribution in [0.15, 0.2) is 29.3 Å². The molecule has 0 atom stereocenters. The third-order valence-electron chi connectivity index (χ3n) is 1.77. The van der Waals surface area contributed by atoms with E-state index in [1.165, 1.54) is 0 Å². The summed E-state index contributed by atoms with van der Waals surface area (Å²) in [4.78, 5) is 4.21. The Hall–Kier alpha value is -1.35. The van der Waals surface area contributed by atoms with Crippen LogP contribution in [0.5, 0.6) is 5.75 Å². The largest absolute Gasteiger partial charge is 0.507 e. The highest BCUT2D eigenvalue weighted by atomic mass is 16.3. The molecule has 3 heteroatoms. The molecule has 0 heterocycles. The fourth-order valence-corrected chi connectivity index (χ4v) is 1.10. The van der Waals surface area contributed by atoms with E-state index in [1.807, 2.05) is 19.1 Å². The number of phenols is 1. The lowest BCUT2D eigenvalue weighted by molar-refractivity contribution is 0.474. The van der Waals surface area contributed by atoms with Gasteiger partial charge in [-0.3, -0.25) is 4.99 Å². The molecule has 0 saturated carbocycles. The molecule has 3 nitrogen and oxygen atoms in total. The van der Waals surface area contributed by atoms with Crippen LogP contribution in [0, 0.1) is 0 Å². The fourth-order valence-electron chi connectivity index (χ4n) is 1.10. The summed E-state index contributed by atoms with van der Waals surface area (Å²) in [7, 11) is 0. The monoisotopic (exact) mass is 178 g/mol. The quantitative estimate of drug-likeness (QED) is 0.682. The van der Waals surface area contributed by atoms with Crippen molar-refractivity contribution in [1.29, 1.82) is 0 Å². The normalized spacial score (nSPS) is 11.7. The van der Waals surface area contributed by atoms with Crippen molar-refractivity contribution in [2.75, 3.05) is 13.1 Å². The van der Waals surface area contributed by atoms with E-state index in [0.717, 1.165) is 11.3 Å². The van der Waals surface area contributed by atoms with E-state index >= 15 is 0 Å². The average molecular weight is 178 g/mol. The second kappa shape index (κ2) is 4.62. The average Bonchev–Trinajstić information content (AvgIpc) is 2.15. The summed E-state index contributed by atoms with van der Waals surface area (Å²) in [6, 6.07) is 7.15. The van der Waals surface area contributed by atoms with E-state index < -0.39 is 0 Å². The first kappa shape index (κ1) is 9.74. The molecule has 0 aliphatic carbocycles. The number of nitrogens with zero attached hydrogens (tertiary/aromatic N) is 1. The Bertz CT molecular complexity index is 308. The van der Waals surface area contributed by atoms with Crippen LogP contribution < -0.4 is 5.73 Å². The van der Waals surface area contributed by atoms with E-state index in [1.54, 1.807) is 12.1 Å². The Labute approximate surface area is 77.9 Å². The van der Waals surface area contributed by atoms with Crippen molar-refractivity contribution in [2.24, 2.45) is 10.7 Å². The number of para-hydroxylation sites is 1. The molecular formula is C10H14N2O. The van der Waals surface area contributed by atoms with E-state index in [0.29, 0.717) is 13.1 Å². The maximum absolute atomic E-state index is 9.47. The van der Waals surface area contributed by atoms with Crippen LogP contribution in [0.1, 0.15) is 12.5 Å². The molecule has 0 fully saturated rings. The Morgan fingerprint density at radius 1 is 1.46 bits per heavy atom. The maximum Gasteiger partial charge on any atom is 0.124 e. The highest BCUT2D eigenvalue weighted by molar-refractivity contribution is 6.00. The number of benzene rings is 1. The van der Waals surface area contributed by atoms with Crippen molar-refractivity contribution in [3.63, 3.8) is 0 Å². The Morgan fingerprint density at radius 2 is 2.15 bits per heavy atom. The molecule has 0 aliphatic heterocycles. The summed E-state index contributed by atoms with van der Waals surface area (Å²) >= 11 is 0. The Balaban J connectivity index is 2.88. The number of phenolic OH excluding ortho intramolecular Hbond substituents is 1. The summed E-state index contributed by atoms with van der Waals surface area (Å²) in [6.07, 6.45) is 0. The number of hydrogen-bond donors (Lipinski definition) is 2.